The van der Waals surface area contributed by atoms with E-state index < -0.39 is 0 Å². The minimum Gasteiger partial charge on any atom is -0.508 e. The molecule has 1 unspecified atom stereocenters. The van der Waals surface area contributed by atoms with Gasteiger partial charge in [-0.3, -0.25) is 4.98 Å². The Morgan fingerprint density at radius 2 is 1.89 bits per heavy atom. The summed E-state index contributed by atoms with van der Waals surface area (Å²) in [5.41, 5.74) is 2.40. The molecule has 2 aromatic heterocycles. The standard InChI is InChI=1S/C22H20N4O2/c1-14(18-12-16(28-2)9-10-20(18)27)24-22-17-7-3-4-8-19(17)25-21(26-22)15-6-5-11-23-13-15/h3-14,27H,1-2H3,(H,24,25,26). The van der Waals surface area contributed by atoms with Crippen molar-refractivity contribution in [2.45, 2.75) is 13.0 Å². The number of anilines is 1. The lowest BCUT2D eigenvalue weighted by atomic mass is 10.1. The maximum Gasteiger partial charge on any atom is 0.163 e. The van der Waals surface area contributed by atoms with E-state index >= 15 is 0 Å². The highest BCUT2D eigenvalue weighted by Crippen LogP contribution is 2.32. The van der Waals surface area contributed by atoms with Gasteiger partial charge in [-0.2, -0.15) is 0 Å². The first-order valence-corrected chi connectivity index (χ1v) is 8.96. The number of benzene rings is 2. The summed E-state index contributed by atoms with van der Waals surface area (Å²) in [5.74, 6) is 2.17. The summed E-state index contributed by atoms with van der Waals surface area (Å²) in [7, 11) is 1.60. The molecule has 0 aliphatic heterocycles. The normalized spacial score (nSPS) is 11.9. The second-order valence-electron chi connectivity index (χ2n) is 6.45. The van der Waals surface area contributed by atoms with E-state index in [0.29, 0.717) is 17.4 Å². The van der Waals surface area contributed by atoms with E-state index in [1.165, 1.54) is 0 Å². The SMILES string of the molecule is COc1ccc(O)c(C(C)Nc2nc(-c3cccnc3)nc3ccccc23)c1. The molecule has 0 amide bonds. The van der Waals surface area contributed by atoms with Crippen molar-refractivity contribution >= 4 is 16.7 Å². The largest absolute Gasteiger partial charge is 0.508 e. The summed E-state index contributed by atoms with van der Waals surface area (Å²) >= 11 is 0. The lowest BCUT2D eigenvalue weighted by Gasteiger charge is -2.19. The van der Waals surface area contributed by atoms with Crippen LogP contribution in [0.5, 0.6) is 11.5 Å². The second kappa shape index (κ2) is 7.52. The van der Waals surface area contributed by atoms with Crippen LogP contribution in [0.4, 0.5) is 5.82 Å². The van der Waals surface area contributed by atoms with Gasteiger partial charge in [-0.15, -0.1) is 0 Å². The van der Waals surface area contributed by atoms with Gasteiger partial charge in [0.2, 0.25) is 0 Å². The summed E-state index contributed by atoms with van der Waals surface area (Å²) in [5, 5.41) is 14.6. The molecule has 2 aromatic carbocycles. The molecule has 0 saturated heterocycles. The Bertz CT molecular complexity index is 1120. The summed E-state index contributed by atoms with van der Waals surface area (Å²) < 4.78 is 5.29. The number of methoxy groups -OCH3 is 1. The second-order valence-corrected chi connectivity index (χ2v) is 6.45. The fourth-order valence-corrected chi connectivity index (χ4v) is 3.10. The maximum atomic E-state index is 10.3. The number of phenolic OH excluding ortho intramolecular Hbond substituents is 1. The van der Waals surface area contributed by atoms with Crippen molar-refractivity contribution in [3.8, 4) is 22.9 Å². The van der Waals surface area contributed by atoms with Crippen LogP contribution < -0.4 is 10.1 Å². The number of hydrogen-bond donors (Lipinski definition) is 2. The van der Waals surface area contributed by atoms with E-state index in [2.05, 4.69) is 15.3 Å². The van der Waals surface area contributed by atoms with Gasteiger partial charge in [0.25, 0.3) is 0 Å². The molecule has 1 atom stereocenters. The van der Waals surface area contributed by atoms with Gasteiger partial charge in [0.1, 0.15) is 17.3 Å². The predicted molar refractivity (Wildman–Crippen MR) is 109 cm³/mol. The molecule has 4 aromatic rings. The number of nitrogens with one attached hydrogen (secondary N) is 1. The number of fused-ring (bicyclic) bond motifs is 1. The Morgan fingerprint density at radius 1 is 1.04 bits per heavy atom. The highest BCUT2D eigenvalue weighted by Gasteiger charge is 2.15. The van der Waals surface area contributed by atoms with Crippen LogP contribution in [-0.4, -0.2) is 27.2 Å². The molecule has 0 aliphatic rings. The van der Waals surface area contributed by atoms with Gasteiger partial charge in [-0.1, -0.05) is 12.1 Å². The van der Waals surface area contributed by atoms with Crippen molar-refractivity contribution in [1.29, 1.82) is 0 Å². The molecule has 0 radical (unpaired) electrons. The van der Waals surface area contributed by atoms with E-state index in [9.17, 15) is 5.11 Å². The molecule has 4 rings (SSSR count). The molecule has 0 fully saturated rings. The molecule has 0 spiro atoms. The Labute approximate surface area is 162 Å². The van der Waals surface area contributed by atoms with Crippen LogP contribution in [0, 0.1) is 0 Å². The Kier molecular flexibility index (Phi) is 4.76. The van der Waals surface area contributed by atoms with Crippen molar-refractivity contribution in [1.82, 2.24) is 15.0 Å². The van der Waals surface area contributed by atoms with E-state index in [1.807, 2.05) is 49.4 Å². The van der Waals surface area contributed by atoms with Gasteiger partial charge >= 0.3 is 0 Å². The van der Waals surface area contributed by atoms with Crippen molar-refractivity contribution in [3.63, 3.8) is 0 Å². The smallest absolute Gasteiger partial charge is 0.163 e. The average Bonchev–Trinajstić information content (AvgIpc) is 2.74. The Morgan fingerprint density at radius 3 is 2.68 bits per heavy atom. The highest BCUT2D eigenvalue weighted by molar-refractivity contribution is 5.90. The van der Waals surface area contributed by atoms with Crippen LogP contribution in [-0.2, 0) is 0 Å². The minimum atomic E-state index is -0.199. The summed E-state index contributed by atoms with van der Waals surface area (Å²) in [6.45, 7) is 1.97. The molecule has 28 heavy (non-hydrogen) atoms. The Hall–Kier alpha value is -3.67. The van der Waals surface area contributed by atoms with Crippen LogP contribution in [0.1, 0.15) is 18.5 Å². The zero-order valence-corrected chi connectivity index (χ0v) is 15.6. The summed E-state index contributed by atoms with van der Waals surface area (Å²) in [6.07, 6.45) is 3.46. The molecular weight excluding hydrogens is 352 g/mol. The zero-order chi connectivity index (χ0) is 19.5. The third kappa shape index (κ3) is 3.44. The summed E-state index contributed by atoms with van der Waals surface area (Å²) in [4.78, 5) is 13.6. The van der Waals surface area contributed by atoms with E-state index in [0.717, 1.165) is 22.0 Å². The summed E-state index contributed by atoms with van der Waals surface area (Å²) in [6, 6.07) is 16.6. The first kappa shape index (κ1) is 17.7. The van der Waals surface area contributed by atoms with Crippen molar-refractivity contribution in [2.24, 2.45) is 0 Å². The number of ether oxygens (including phenoxy) is 1. The monoisotopic (exact) mass is 372 g/mol. The van der Waals surface area contributed by atoms with Gasteiger partial charge in [0.15, 0.2) is 5.82 Å². The Balaban J connectivity index is 1.77. The van der Waals surface area contributed by atoms with Gasteiger partial charge < -0.3 is 15.2 Å². The van der Waals surface area contributed by atoms with Crippen LogP contribution in [0.3, 0.4) is 0 Å². The van der Waals surface area contributed by atoms with E-state index in [-0.39, 0.29) is 11.8 Å². The fraction of sp³-hybridized carbons (Fsp3) is 0.136. The highest BCUT2D eigenvalue weighted by atomic mass is 16.5. The first-order chi connectivity index (χ1) is 13.7. The van der Waals surface area contributed by atoms with Gasteiger partial charge in [-0.05, 0) is 49.4 Å². The lowest BCUT2D eigenvalue weighted by molar-refractivity contribution is 0.410. The van der Waals surface area contributed by atoms with Gasteiger partial charge in [-0.25, -0.2) is 9.97 Å². The number of aromatic nitrogens is 3. The van der Waals surface area contributed by atoms with E-state index in [1.54, 1.807) is 31.6 Å². The quantitative estimate of drug-likeness (QED) is 0.534. The molecule has 0 aliphatic carbocycles. The predicted octanol–water partition coefficient (Wildman–Crippen LogP) is 4.58. The van der Waals surface area contributed by atoms with Crippen molar-refractivity contribution in [2.75, 3.05) is 12.4 Å². The molecular formula is C22H20N4O2. The number of hydrogen-bond acceptors (Lipinski definition) is 6. The average molecular weight is 372 g/mol. The molecule has 0 saturated carbocycles. The number of aromatic hydroxyl groups is 1. The van der Waals surface area contributed by atoms with Gasteiger partial charge in [0.05, 0.1) is 18.7 Å². The van der Waals surface area contributed by atoms with E-state index in [4.69, 9.17) is 9.72 Å². The lowest BCUT2D eigenvalue weighted by Crippen LogP contribution is -2.10. The van der Waals surface area contributed by atoms with Crippen LogP contribution >= 0.6 is 0 Å². The van der Waals surface area contributed by atoms with Gasteiger partial charge in [0, 0.05) is 28.9 Å². The first-order valence-electron chi connectivity index (χ1n) is 8.96. The van der Waals surface area contributed by atoms with Crippen molar-refractivity contribution in [3.05, 3.63) is 72.6 Å². The van der Waals surface area contributed by atoms with Crippen LogP contribution in [0.25, 0.3) is 22.3 Å². The van der Waals surface area contributed by atoms with Crippen LogP contribution in [0.15, 0.2) is 67.0 Å². The molecule has 0 bridgehead atoms. The number of pyridine rings is 1. The molecule has 2 heterocycles. The maximum absolute atomic E-state index is 10.3. The molecule has 140 valence electrons. The zero-order valence-electron chi connectivity index (χ0n) is 15.6. The number of para-hydroxylation sites is 1. The third-order valence-corrected chi connectivity index (χ3v) is 4.58. The third-order valence-electron chi connectivity index (χ3n) is 4.58. The van der Waals surface area contributed by atoms with Crippen LogP contribution in [0.2, 0.25) is 0 Å². The number of nitrogens with zero attached hydrogens (tertiary/aromatic N) is 3. The number of rotatable bonds is 5. The topological polar surface area (TPSA) is 80.2 Å². The molecule has 2 N–H and O–H groups in total. The fourth-order valence-electron chi connectivity index (χ4n) is 3.10. The molecule has 6 heteroatoms. The minimum absolute atomic E-state index is 0.199. The van der Waals surface area contributed by atoms with Crippen molar-refractivity contribution < 1.29 is 9.84 Å². The molecule has 6 nitrogen and oxygen atoms in total. The number of phenols is 1.